The highest BCUT2D eigenvalue weighted by atomic mass is 32.1. The number of hydrogen-bond acceptors (Lipinski definition) is 3. The van der Waals surface area contributed by atoms with Crippen LogP contribution in [0, 0.1) is 0 Å². The van der Waals surface area contributed by atoms with Crippen molar-refractivity contribution < 1.29 is 9.90 Å². The number of hydrogen-bond donors (Lipinski definition) is 2. The van der Waals surface area contributed by atoms with Gasteiger partial charge in [0.2, 0.25) is 0 Å². The Morgan fingerprint density at radius 3 is 2.73 bits per heavy atom. The van der Waals surface area contributed by atoms with Crippen molar-refractivity contribution in [3.63, 3.8) is 0 Å². The Kier molecular flexibility index (Phi) is 2.25. The summed E-state index contributed by atoms with van der Waals surface area (Å²) in [5, 5.41) is 10.0. The van der Waals surface area contributed by atoms with Gasteiger partial charge in [-0.1, -0.05) is 18.2 Å². The molecule has 0 aliphatic carbocycles. The smallest absolute Gasteiger partial charge is 0.328 e. The quantitative estimate of drug-likeness (QED) is 0.816. The van der Waals surface area contributed by atoms with Gasteiger partial charge in [0.15, 0.2) is 0 Å². The van der Waals surface area contributed by atoms with E-state index in [2.05, 4.69) is 0 Å². The molecule has 0 bridgehead atoms. The third kappa shape index (κ3) is 1.62. The lowest BCUT2D eigenvalue weighted by Crippen LogP contribution is -2.40. The topological polar surface area (TPSA) is 63.3 Å². The van der Waals surface area contributed by atoms with Crippen LogP contribution in [0.15, 0.2) is 30.3 Å². The maximum absolute atomic E-state index is 11.0. The van der Waals surface area contributed by atoms with Crippen LogP contribution in [0.4, 0.5) is 0 Å². The average Bonchev–Trinajstić information content (AvgIpc) is 2.61. The molecule has 0 radical (unpaired) electrons. The summed E-state index contributed by atoms with van der Waals surface area (Å²) < 4.78 is 1.06. The van der Waals surface area contributed by atoms with Crippen molar-refractivity contribution in [3.05, 3.63) is 35.2 Å². The van der Waals surface area contributed by atoms with Gasteiger partial charge in [-0.15, -0.1) is 11.3 Å². The molecular formula is C11H11NO2S. The number of carboxylic acids is 1. The first-order valence-corrected chi connectivity index (χ1v) is 5.35. The molecule has 0 aliphatic heterocycles. The lowest BCUT2D eigenvalue weighted by Gasteiger charge is -2.16. The second-order valence-corrected chi connectivity index (χ2v) is 4.74. The molecule has 3 nitrogen and oxygen atoms in total. The van der Waals surface area contributed by atoms with E-state index in [0.717, 1.165) is 10.1 Å². The van der Waals surface area contributed by atoms with Crippen LogP contribution in [0.3, 0.4) is 0 Å². The molecular weight excluding hydrogens is 210 g/mol. The van der Waals surface area contributed by atoms with E-state index in [-0.39, 0.29) is 0 Å². The third-order valence-corrected chi connectivity index (χ3v) is 3.74. The monoisotopic (exact) mass is 221 g/mol. The third-order valence-electron chi connectivity index (χ3n) is 2.38. The van der Waals surface area contributed by atoms with Crippen LogP contribution in [0.1, 0.15) is 11.8 Å². The lowest BCUT2D eigenvalue weighted by atomic mass is 10.0. The van der Waals surface area contributed by atoms with Crippen molar-refractivity contribution in [2.24, 2.45) is 5.73 Å². The number of fused-ring (bicyclic) bond motifs is 1. The highest BCUT2D eigenvalue weighted by Crippen LogP contribution is 2.31. The first-order valence-electron chi connectivity index (χ1n) is 4.53. The molecule has 1 aromatic heterocycles. The maximum atomic E-state index is 11.0. The molecule has 1 unspecified atom stereocenters. The second kappa shape index (κ2) is 3.32. The summed E-state index contributed by atoms with van der Waals surface area (Å²) >= 11 is 1.43. The molecule has 0 fully saturated rings. The Bertz CT molecular complexity index is 483. The van der Waals surface area contributed by atoms with Crippen LogP contribution in [0.5, 0.6) is 0 Å². The van der Waals surface area contributed by atoms with Crippen LogP contribution >= 0.6 is 11.3 Å². The predicted molar refractivity (Wildman–Crippen MR) is 61.0 cm³/mol. The Morgan fingerprint density at radius 1 is 1.47 bits per heavy atom. The largest absolute Gasteiger partial charge is 0.480 e. The van der Waals surface area contributed by atoms with Crippen LogP contribution in [-0.2, 0) is 10.3 Å². The number of carboxylic acid groups (broad SMARTS) is 1. The van der Waals surface area contributed by atoms with E-state index in [1.54, 1.807) is 0 Å². The maximum Gasteiger partial charge on any atom is 0.328 e. The molecule has 2 aromatic rings. The zero-order chi connectivity index (χ0) is 11.1. The summed E-state index contributed by atoms with van der Waals surface area (Å²) in [6.07, 6.45) is 0. The van der Waals surface area contributed by atoms with E-state index in [9.17, 15) is 4.79 Å². The molecule has 1 heterocycles. The standard InChI is InChI=1S/C11H11NO2S/c1-11(12,10(13)14)9-6-7-4-2-3-5-8(7)15-9/h2-6H,12H2,1H3,(H,13,14). The van der Waals surface area contributed by atoms with Gasteiger partial charge in [0.05, 0.1) is 0 Å². The van der Waals surface area contributed by atoms with Gasteiger partial charge in [-0.25, -0.2) is 4.79 Å². The van der Waals surface area contributed by atoms with Gasteiger partial charge in [-0.3, -0.25) is 0 Å². The van der Waals surface area contributed by atoms with Crippen LogP contribution in [0.2, 0.25) is 0 Å². The minimum atomic E-state index is -1.30. The van der Waals surface area contributed by atoms with Gasteiger partial charge in [-0.2, -0.15) is 0 Å². The molecule has 0 aliphatic rings. The lowest BCUT2D eigenvalue weighted by molar-refractivity contribution is -0.142. The van der Waals surface area contributed by atoms with E-state index in [1.807, 2.05) is 30.3 Å². The Balaban J connectivity index is 2.58. The molecule has 0 amide bonds. The molecule has 3 N–H and O–H groups in total. The minimum absolute atomic E-state index is 0.677. The van der Waals surface area contributed by atoms with Gasteiger partial charge in [0.1, 0.15) is 5.54 Å². The van der Waals surface area contributed by atoms with Crippen molar-refractivity contribution in [1.82, 2.24) is 0 Å². The molecule has 0 spiro atoms. The number of aliphatic carboxylic acids is 1. The van der Waals surface area contributed by atoms with Crippen molar-refractivity contribution in [2.75, 3.05) is 0 Å². The molecule has 15 heavy (non-hydrogen) atoms. The van der Waals surface area contributed by atoms with Crippen molar-refractivity contribution in [2.45, 2.75) is 12.5 Å². The highest BCUT2D eigenvalue weighted by Gasteiger charge is 2.31. The molecule has 1 atom stereocenters. The van der Waals surface area contributed by atoms with E-state index in [4.69, 9.17) is 10.8 Å². The van der Waals surface area contributed by atoms with Crippen molar-refractivity contribution in [1.29, 1.82) is 0 Å². The zero-order valence-corrected chi connectivity index (χ0v) is 9.04. The van der Waals surface area contributed by atoms with Crippen molar-refractivity contribution in [3.8, 4) is 0 Å². The van der Waals surface area contributed by atoms with Crippen molar-refractivity contribution >= 4 is 27.4 Å². The Morgan fingerprint density at radius 2 is 2.13 bits per heavy atom. The number of rotatable bonds is 2. The van der Waals surface area contributed by atoms with Gasteiger partial charge in [-0.05, 0) is 24.4 Å². The summed E-state index contributed by atoms with van der Waals surface area (Å²) in [6, 6.07) is 9.60. The summed E-state index contributed by atoms with van der Waals surface area (Å²) in [4.78, 5) is 11.7. The fraction of sp³-hybridized carbons (Fsp3) is 0.182. The summed E-state index contributed by atoms with van der Waals surface area (Å²) in [5.74, 6) is -1.01. The SMILES string of the molecule is CC(N)(C(=O)O)c1cc2ccccc2s1. The predicted octanol–water partition coefficient (Wildman–Crippen LogP) is 2.16. The molecule has 2 rings (SSSR count). The van der Waals surface area contributed by atoms with Gasteiger partial charge in [0, 0.05) is 9.58 Å². The first kappa shape index (κ1) is 10.1. The van der Waals surface area contributed by atoms with Gasteiger partial charge >= 0.3 is 5.97 Å². The molecule has 1 aromatic carbocycles. The first-order chi connectivity index (χ1) is 7.01. The van der Waals surface area contributed by atoms with Gasteiger partial charge in [0.25, 0.3) is 0 Å². The summed E-state index contributed by atoms with van der Waals surface area (Å²) in [7, 11) is 0. The second-order valence-electron chi connectivity index (χ2n) is 3.66. The fourth-order valence-electron chi connectivity index (χ4n) is 1.34. The van der Waals surface area contributed by atoms with Crippen LogP contribution < -0.4 is 5.73 Å². The van der Waals surface area contributed by atoms with Crippen LogP contribution in [-0.4, -0.2) is 11.1 Å². The Labute approximate surface area is 91.1 Å². The highest BCUT2D eigenvalue weighted by molar-refractivity contribution is 7.19. The molecule has 4 heteroatoms. The zero-order valence-electron chi connectivity index (χ0n) is 8.23. The van der Waals surface area contributed by atoms with E-state index < -0.39 is 11.5 Å². The normalized spacial score (nSPS) is 15.1. The van der Waals surface area contributed by atoms with E-state index in [1.165, 1.54) is 18.3 Å². The molecule has 0 saturated carbocycles. The average molecular weight is 221 g/mol. The molecule has 78 valence electrons. The minimum Gasteiger partial charge on any atom is -0.480 e. The fourth-order valence-corrected chi connectivity index (χ4v) is 2.46. The summed E-state index contributed by atoms with van der Waals surface area (Å²) in [6.45, 7) is 1.51. The van der Waals surface area contributed by atoms with Crippen LogP contribution in [0.25, 0.3) is 10.1 Å². The number of nitrogens with two attached hydrogens (primary N) is 1. The number of thiophene rings is 1. The number of benzene rings is 1. The molecule has 0 saturated heterocycles. The number of carbonyl (C=O) groups is 1. The van der Waals surface area contributed by atoms with E-state index in [0.29, 0.717) is 4.88 Å². The summed E-state index contributed by atoms with van der Waals surface area (Å²) in [5.41, 5.74) is 4.45. The van der Waals surface area contributed by atoms with E-state index >= 15 is 0 Å². The Hall–Kier alpha value is -1.39. The van der Waals surface area contributed by atoms with Gasteiger partial charge < -0.3 is 10.8 Å².